The van der Waals surface area contributed by atoms with Gasteiger partial charge in [-0.2, -0.15) is 0 Å². The first-order valence-electron chi connectivity index (χ1n) is 15.2. The van der Waals surface area contributed by atoms with Crippen molar-refractivity contribution in [3.05, 3.63) is 0 Å². The van der Waals surface area contributed by atoms with Gasteiger partial charge in [0.2, 0.25) is 0 Å². The Morgan fingerprint density at radius 3 is 1.21 bits per heavy atom. The van der Waals surface area contributed by atoms with E-state index < -0.39 is 17.6 Å². The molecule has 0 N–H and O–H groups in total. The first-order valence-corrected chi connectivity index (χ1v) is 22.2. The monoisotopic (exact) mass is 550 g/mol. The molecule has 2 atom stereocenters. The van der Waals surface area contributed by atoms with Crippen molar-refractivity contribution < 1.29 is 9.47 Å². The predicted octanol–water partition coefficient (Wildman–Crippen LogP) is 9.47. The van der Waals surface area contributed by atoms with Gasteiger partial charge in [0, 0.05) is 36.2 Å². The molecule has 2 unspecified atom stereocenters. The average molecular weight is 551 g/mol. The van der Waals surface area contributed by atoms with Gasteiger partial charge in [-0.05, 0) is 38.5 Å². The molecule has 0 bridgehead atoms. The maximum atomic E-state index is 6.39. The molecule has 0 spiro atoms. The van der Waals surface area contributed by atoms with E-state index in [0.717, 1.165) is 13.2 Å². The number of rotatable bonds is 27. The lowest BCUT2D eigenvalue weighted by atomic mass is 10.2. The van der Waals surface area contributed by atoms with E-state index in [0.29, 0.717) is 11.5 Å². The normalized spacial score (nSPS) is 13.8. The van der Waals surface area contributed by atoms with Crippen molar-refractivity contribution in [1.82, 2.24) is 0 Å². The summed E-state index contributed by atoms with van der Waals surface area (Å²) in [5, 5.41) is 0. The zero-order valence-electron chi connectivity index (χ0n) is 24.1. The van der Waals surface area contributed by atoms with Gasteiger partial charge in [-0.15, -0.1) is 0 Å². The van der Waals surface area contributed by atoms with Crippen LogP contribution in [0.2, 0.25) is 24.2 Å². The molecule has 0 aromatic carbocycles. The molecule has 0 aromatic heterocycles. The molecule has 0 aromatic rings. The highest BCUT2D eigenvalue weighted by atomic mass is 33.1. The van der Waals surface area contributed by atoms with E-state index in [-0.39, 0.29) is 0 Å². The topological polar surface area (TPSA) is 18.5 Å². The average Bonchev–Trinajstić information content (AvgIpc) is 2.85. The number of unbranched alkanes of at least 4 members (excludes halogenated alkanes) is 6. The third kappa shape index (κ3) is 19.2. The van der Waals surface area contributed by atoms with Crippen LogP contribution >= 0.6 is 21.6 Å². The van der Waals surface area contributed by atoms with E-state index >= 15 is 0 Å². The van der Waals surface area contributed by atoms with Crippen molar-refractivity contribution in [1.29, 1.82) is 0 Å². The Morgan fingerprint density at radius 1 is 0.500 bits per heavy atom. The molecule has 0 amide bonds. The van der Waals surface area contributed by atoms with E-state index in [1.165, 1.54) is 113 Å². The summed E-state index contributed by atoms with van der Waals surface area (Å²) in [6.07, 6.45) is 15.8. The van der Waals surface area contributed by atoms with Crippen molar-refractivity contribution in [2.24, 2.45) is 0 Å². The Kier molecular flexibility index (Phi) is 27.9. The molecule has 0 heterocycles. The zero-order valence-corrected chi connectivity index (χ0v) is 28.0. The van der Waals surface area contributed by atoms with E-state index in [1.807, 2.05) is 0 Å². The van der Waals surface area contributed by atoms with Crippen molar-refractivity contribution >= 4 is 39.2 Å². The molecular formula is C28H62O2S2Si2. The van der Waals surface area contributed by atoms with E-state index in [2.05, 4.69) is 63.1 Å². The van der Waals surface area contributed by atoms with Gasteiger partial charge in [0.05, 0.1) is 17.6 Å². The summed E-state index contributed by atoms with van der Waals surface area (Å²) in [5.74, 6) is 2.61. The van der Waals surface area contributed by atoms with E-state index in [4.69, 9.17) is 9.47 Å². The van der Waals surface area contributed by atoms with Gasteiger partial charge in [0.1, 0.15) is 0 Å². The van der Waals surface area contributed by atoms with Crippen LogP contribution in [-0.4, -0.2) is 53.8 Å². The molecule has 0 aliphatic rings. The Balaban J connectivity index is 3.93. The van der Waals surface area contributed by atoms with Gasteiger partial charge in [-0.1, -0.05) is 126 Å². The van der Waals surface area contributed by atoms with Gasteiger partial charge in [0.25, 0.3) is 0 Å². The maximum Gasteiger partial charge on any atom is 0.0711 e. The third-order valence-electron chi connectivity index (χ3n) is 7.32. The van der Waals surface area contributed by atoms with Crippen molar-refractivity contribution in [2.45, 2.75) is 154 Å². The van der Waals surface area contributed by atoms with Crippen LogP contribution < -0.4 is 0 Å². The number of hydrogen-bond acceptors (Lipinski definition) is 4. The maximum absolute atomic E-state index is 6.39. The van der Waals surface area contributed by atoms with Crippen LogP contribution in [0.1, 0.15) is 119 Å². The van der Waals surface area contributed by atoms with Gasteiger partial charge in [0.15, 0.2) is 0 Å². The van der Waals surface area contributed by atoms with Crippen LogP contribution in [0.3, 0.4) is 0 Å². The summed E-state index contributed by atoms with van der Waals surface area (Å²) in [7, 11) is 2.79. The SMILES string of the molecule is CCCCCOC(CCCCSSCCCCC(OCCCCC)[SiH](CC)CC)[SiH](CC)CC. The summed E-state index contributed by atoms with van der Waals surface area (Å²) in [4.78, 5) is 0. The fourth-order valence-corrected chi connectivity index (χ4v) is 12.6. The summed E-state index contributed by atoms with van der Waals surface area (Å²) in [5.41, 5.74) is 1.25. The fourth-order valence-electron chi connectivity index (χ4n) is 4.84. The van der Waals surface area contributed by atoms with Crippen molar-refractivity contribution in [2.75, 3.05) is 24.7 Å². The predicted molar refractivity (Wildman–Crippen MR) is 167 cm³/mol. The zero-order chi connectivity index (χ0) is 25.3. The first-order chi connectivity index (χ1) is 16.7. The largest absolute Gasteiger partial charge is 0.382 e. The smallest absolute Gasteiger partial charge is 0.0711 e. The van der Waals surface area contributed by atoms with Gasteiger partial charge >= 0.3 is 0 Å². The molecule has 34 heavy (non-hydrogen) atoms. The van der Waals surface area contributed by atoms with Gasteiger partial charge in [-0.3, -0.25) is 0 Å². The molecule has 0 radical (unpaired) electrons. The Morgan fingerprint density at radius 2 is 0.882 bits per heavy atom. The van der Waals surface area contributed by atoms with E-state index in [1.54, 1.807) is 0 Å². The highest BCUT2D eigenvalue weighted by Crippen LogP contribution is 2.26. The first kappa shape index (κ1) is 35.1. The summed E-state index contributed by atoms with van der Waals surface area (Å²) < 4.78 is 12.8. The quantitative estimate of drug-likeness (QED) is 0.0575. The Bertz CT molecular complexity index is 361. The minimum atomic E-state index is -0.711. The molecule has 2 nitrogen and oxygen atoms in total. The second kappa shape index (κ2) is 27.1. The van der Waals surface area contributed by atoms with Crippen LogP contribution in [0.5, 0.6) is 0 Å². The molecule has 6 heteroatoms. The lowest BCUT2D eigenvalue weighted by Gasteiger charge is -2.25. The Hall–Kier alpha value is 1.05. The molecule has 0 rings (SSSR count). The summed E-state index contributed by atoms with van der Waals surface area (Å²) in [6.45, 7) is 16.1. The lowest BCUT2D eigenvalue weighted by Crippen LogP contribution is -2.32. The minimum absolute atomic E-state index is 0.625. The van der Waals surface area contributed by atoms with Crippen LogP contribution in [0.4, 0.5) is 0 Å². The molecule has 0 fully saturated rings. The summed E-state index contributed by atoms with van der Waals surface area (Å²) >= 11 is 0. The van der Waals surface area contributed by atoms with Gasteiger partial charge in [-0.25, -0.2) is 0 Å². The standard InChI is InChI=1S/C28H62O2S2Si2/c1-7-13-17-23-29-27(33(9-3)10-4)21-15-19-25-31-32-26-20-16-22-28(34(11-5)12-6)30-24-18-14-8-2/h27-28,33-34H,7-26H2,1-6H3. The lowest BCUT2D eigenvalue weighted by molar-refractivity contribution is 0.0910. The van der Waals surface area contributed by atoms with Crippen LogP contribution in [-0.2, 0) is 9.47 Å². The van der Waals surface area contributed by atoms with Crippen molar-refractivity contribution in [3.63, 3.8) is 0 Å². The second-order valence-corrected chi connectivity index (χ2v) is 20.5. The Labute approximate surface area is 226 Å². The van der Waals surface area contributed by atoms with Crippen LogP contribution in [0.25, 0.3) is 0 Å². The number of ether oxygens (including phenoxy) is 2. The summed E-state index contributed by atoms with van der Waals surface area (Å²) in [6, 6.07) is 5.57. The molecule has 206 valence electrons. The van der Waals surface area contributed by atoms with Crippen LogP contribution in [0.15, 0.2) is 0 Å². The minimum Gasteiger partial charge on any atom is -0.382 e. The van der Waals surface area contributed by atoms with Crippen LogP contribution in [0, 0.1) is 0 Å². The molecule has 0 saturated carbocycles. The van der Waals surface area contributed by atoms with Gasteiger partial charge < -0.3 is 9.47 Å². The molecule has 0 saturated heterocycles. The molecular weight excluding hydrogens is 489 g/mol. The van der Waals surface area contributed by atoms with Crippen molar-refractivity contribution in [3.8, 4) is 0 Å². The third-order valence-corrected chi connectivity index (χ3v) is 17.3. The second-order valence-electron chi connectivity index (χ2n) is 10.0. The molecule has 0 aliphatic heterocycles. The highest BCUT2D eigenvalue weighted by molar-refractivity contribution is 8.76. The highest BCUT2D eigenvalue weighted by Gasteiger charge is 2.21. The fraction of sp³-hybridized carbons (Fsp3) is 1.00. The van der Waals surface area contributed by atoms with E-state index in [9.17, 15) is 0 Å². The molecule has 0 aliphatic carbocycles. The number of hydrogen-bond donors (Lipinski definition) is 0.